The van der Waals surface area contributed by atoms with E-state index < -0.39 is 11.6 Å². The van der Waals surface area contributed by atoms with Crippen molar-refractivity contribution in [3.8, 4) is 12.3 Å². The lowest BCUT2D eigenvalue weighted by molar-refractivity contribution is -0.185. The van der Waals surface area contributed by atoms with Crippen LogP contribution in [0.4, 0.5) is 13.2 Å². The summed E-state index contributed by atoms with van der Waals surface area (Å²) in [6.07, 6.45) is 5.68. The minimum Gasteiger partial charge on any atom is -0.169 e. The van der Waals surface area contributed by atoms with Gasteiger partial charge in [0.1, 0.15) is 5.41 Å². The smallest absolute Gasteiger partial charge is 0.169 e. The van der Waals surface area contributed by atoms with E-state index >= 15 is 0 Å². The molecule has 64 valence electrons. The minimum absolute atomic E-state index is 0.163. The van der Waals surface area contributed by atoms with Crippen LogP contribution in [0.1, 0.15) is 6.42 Å². The van der Waals surface area contributed by atoms with Crippen molar-refractivity contribution in [1.82, 2.24) is 0 Å². The van der Waals surface area contributed by atoms with Crippen molar-refractivity contribution in [2.45, 2.75) is 12.6 Å². The van der Waals surface area contributed by atoms with Crippen molar-refractivity contribution in [1.29, 1.82) is 0 Å². The van der Waals surface area contributed by atoms with Crippen molar-refractivity contribution >= 4 is 0 Å². The van der Waals surface area contributed by atoms with Gasteiger partial charge in [0, 0.05) is 0 Å². The molecular formula is C9H7F3. The van der Waals surface area contributed by atoms with Gasteiger partial charge < -0.3 is 0 Å². The highest BCUT2D eigenvalue weighted by Gasteiger charge is 2.51. The molecule has 0 N–H and O–H groups in total. The summed E-state index contributed by atoms with van der Waals surface area (Å²) in [5, 5.41) is 0. The lowest BCUT2D eigenvalue weighted by Crippen LogP contribution is -2.35. The van der Waals surface area contributed by atoms with E-state index in [-0.39, 0.29) is 6.42 Å². The van der Waals surface area contributed by atoms with E-state index in [1.54, 1.807) is 12.0 Å². The Morgan fingerprint density at radius 3 is 2.25 bits per heavy atom. The van der Waals surface area contributed by atoms with E-state index in [0.29, 0.717) is 0 Å². The minimum atomic E-state index is -4.36. The molecule has 0 bridgehead atoms. The summed E-state index contributed by atoms with van der Waals surface area (Å²) in [6, 6.07) is 0. The second-order valence-electron chi connectivity index (χ2n) is 2.60. The van der Waals surface area contributed by atoms with Crippen LogP contribution in [0, 0.1) is 17.8 Å². The third-order valence-electron chi connectivity index (χ3n) is 1.83. The molecule has 12 heavy (non-hydrogen) atoms. The predicted molar refractivity (Wildman–Crippen MR) is 40.2 cm³/mol. The van der Waals surface area contributed by atoms with Gasteiger partial charge >= 0.3 is 6.18 Å². The highest BCUT2D eigenvalue weighted by atomic mass is 19.4. The van der Waals surface area contributed by atoms with Gasteiger partial charge in [-0.05, 0) is 6.42 Å². The molecule has 0 aromatic carbocycles. The Balaban J connectivity index is 3.02. The third-order valence-corrected chi connectivity index (χ3v) is 1.83. The van der Waals surface area contributed by atoms with Crippen molar-refractivity contribution in [2.75, 3.05) is 0 Å². The zero-order valence-corrected chi connectivity index (χ0v) is 6.23. The second-order valence-corrected chi connectivity index (χ2v) is 2.60. The highest BCUT2D eigenvalue weighted by Crippen LogP contribution is 2.43. The van der Waals surface area contributed by atoms with Gasteiger partial charge in [0.25, 0.3) is 0 Å². The first-order chi connectivity index (χ1) is 5.52. The number of rotatable bonds is 0. The Hall–Kier alpha value is -1.17. The van der Waals surface area contributed by atoms with Gasteiger partial charge in [-0.2, -0.15) is 13.2 Å². The normalized spacial score (nSPS) is 28.5. The number of alkyl halides is 3. The van der Waals surface area contributed by atoms with Crippen molar-refractivity contribution in [3.05, 3.63) is 24.3 Å². The number of hydrogen-bond donors (Lipinski definition) is 0. The van der Waals surface area contributed by atoms with Crippen LogP contribution in [-0.2, 0) is 0 Å². The first-order valence-electron chi connectivity index (χ1n) is 3.41. The maximum atomic E-state index is 12.4. The number of hydrogen-bond acceptors (Lipinski definition) is 0. The quantitative estimate of drug-likeness (QED) is 0.493. The molecule has 0 heterocycles. The summed E-state index contributed by atoms with van der Waals surface area (Å²) in [7, 11) is 0. The fourth-order valence-electron chi connectivity index (χ4n) is 1.02. The van der Waals surface area contributed by atoms with Gasteiger partial charge in [-0.3, -0.25) is 0 Å². The molecule has 1 rings (SSSR count). The van der Waals surface area contributed by atoms with Crippen molar-refractivity contribution in [3.63, 3.8) is 0 Å². The lowest BCUT2D eigenvalue weighted by Gasteiger charge is -2.27. The van der Waals surface area contributed by atoms with Gasteiger partial charge in [0.2, 0.25) is 0 Å². The largest absolute Gasteiger partial charge is 0.408 e. The van der Waals surface area contributed by atoms with Crippen LogP contribution in [0.2, 0.25) is 0 Å². The number of allylic oxidation sites excluding steroid dienone is 4. The fourth-order valence-corrected chi connectivity index (χ4v) is 1.02. The molecule has 1 unspecified atom stereocenters. The van der Waals surface area contributed by atoms with Crippen LogP contribution < -0.4 is 0 Å². The first-order valence-corrected chi connectivity index (χ1v) is 3.41. The van der Waals surface area contributed by atoms with Crippen LogP contribution in [0.25, 0.3) is 0 Å². The second kappa shape index (κ2) is 2.71. The molecule has 0 saturated carbocycles. The van der Waals surface area contributed by atoms with E-state index in [2.05, 4.69) is 0 Å². The van der Waals surface area contributed by atoms with E-state index in [0.717, 1.165) is 6.08 Å². The number of terminal acetylenes is 1. The first kappa shape index (κ1) is 8.92. The summed E-state index contributed by atoms with van der Waals surface area (Å²) < 4.78 is 37.1. The molecule has 0 saturated heterocycles. The molecule has 1 aliphatic carbocycles. The lowest BCUT2D eigenvalue weighted by atomic mass is 9.82. The van der Waals surface area contributed by atoms with E-state index in [9.17, 15) is 13.2 Å². The maximum Gasteiger partial charge on any atom is 0.408 e. The third kappa shape index (κ3) is 1.25. The summed E-state index contributed by atoms with van der Waals surface area (Å²) in [5.74, 6) is 1.79. The fraction of sp³-hybridized carbons (Fsp3) is 0.333. The van der Waals surface area contributed by atoms with E-state index in [1.807, 2.05) is 0 Å². The van der Waals surface area contributed by atoms with Gasteiger partial charge in [0.15, 0.2) is 0 Å². The predicted octanol–water partition coefficient (Wildman–Crippen LogP) is 2.68. The molecule has 0 fully saturated rings. The Kier molecular flexibility index (Phi) is 2.01. The average molecular weight is 172 g/mol. The topological polar surface area (TPSA) is 0 Å². The standard InChI is InChI=1S/C9H7F3/c1-2-8(9(10,11)12)6-4-3-5-7-8/h1,3-6H,7H2. The number of halogens is 3. The molecule has 0 nitrogen and oxygen atoms in total. The highest BCUT2D eigenvalue weighted by molar-refractivity contribution is 5.28. The molecule has 0 amide bonds. The van der Waals surface area contributed by atoms with Gasteiger partial charge in [-0.1, -0.05) is 30.2 Å². The molecular weight excluding hydrogens is 165 g/mol. The molecule has 0 aromatic rings. The molecule has 0 aromatic heterocycles. The van der Waals surface area contributed by atoms with E-state index in [4.69, 9.17) is 6.42 Å². The van der Waals surface area contributed by atoms with Crippen LogP contribution in [0.3, 0.4) is 0 Å². The van der Waals surface area contributed by atoms with Crippen molar-refractivity contribution in [2.24, 2.45) is 5.41 Å². The monoisotopic (exact) mass is 172 g/mol. The molecule has 0 spiro atoms. The Morgan fingerprint density at radius 1 is 1.33 bits per heavy atom. The van der Waals surface area contributed by atoms with Crippen molar-refractivity contribution < 1.29 is 13.2 Å². The Labute approximate surface area is 68.8 Å². The maximum absolute atomic E-state index is 12.4. The summed E-state index contributed by atoms with van der Waals surface area (Å²) in [6.45, 7) is 0. The summed E-state index contributed by atoms with van der Waals surface area (Å²) in [5.41, 5.74) is -2.08. The van der Waals surface area contributed by atoms with Gasteiger partial charge in [-0.25, -0.2) is 0 Å². The molecule has 1 aliphatic rings. The Morgan fingerprint density at radius 2 is 2.00 bits per heavy atom. The molecule has 3 heteroatoms. The van der Waals surface area contributed by atoms with Crippen LogP contribution in [0.15, 0.2) is 24.3 Å². The zero-order valence-electron chi connectivity index (χ0n) is 6.23. The Bertz CT molecular complexity index is 264. The van der Waals surface area contributed by atoms with Crippen LogP contribution in [0.5, 0.6) is 0 Å². The molecule has 0 aliphatic heterocycles. The summed E-state index contributed by atoms with van der Waals surface area (Å²) in [4.78, 5) is 0. The van der Waals surface area contributed by atoms with Gasteiger partial charge in [0.05, 0.1) is 0 Å². The van der Waals surface area contributed by atoms with Gasteiger partial charge in [-0.15, -0.1) is 6.42 Å². The average Bonchev–Trinajstić information content (AvgIpc) is 2.04. The molecule has 0 radical (unpaired) electrons. The SMILES string of the molecule is C#CC1(C(F)(F)F)C=CC=CC1. The van der Waals surface area contributed by atoms with Crippen LogP contribution in [-0.4, -0.2) is 6.18 Å². The van der Waals surface area contributed by atoms with Crippen LogP contribution >= 0.6 is 0 Å². The zero-order chi connectivity index (χ0) is 9.24. The molecule has 1 atom stereocenters. The van der Waals surface area contributed by atoms with E-state index in [1.165, 1.54) is 12.2 Å². The summed E-state index contributed by atoms with van der Waals surface area (Å²) >= 11 is 0.